The van der Waals surface area contributed by atoms with Gasteiger partial charge in [-0.15, -0.1) is 0 Å². The number of rotatable bonds is 2. The van der Waals surface area contributed by atoms with Gasteiger partial charge in [0.05, 0.1) is 0 Å². The van der Waals surface area contributed by atoms with E-state index in [1.807, 2.05) is 4.57 Å². The minimum Gasteiger partial charge on any atom is -0.325 e. The van der Waals surface area contributed by atoms with Crippen LogP contribution in [0.2, 0.25) is 0 Å². The third-order valence-corrected chi connectivity index (χ3v) is 2.91. The van der Waals surface area contributed by atoms with Crippen LogP contribution < -0.4 is 5.56 Å². The highest BCUT2D eigenvalue weighted by atomic mass is 32.1. The van der Waals surface area contributed by atoms with Gasteiger partial charge >= 0.3 is 0 Å². The van der Waals surface area contributed by atoms with E-state index in [1.54, 1.807) is 6.20 Å². The molecule has 1 aliphatic carbocycles. The molecule has 1 aromatic rings. The van der Waals surface area contributed by atoms with E-state index in [9.17, 15) is 4.79 Å². The second kappa shape index (κ2) is 3.46. The molecule has 3 nitrogen and oxygen atoms in total. The number of aromatic amines is 1. The fourth-order valence-electron chi connectivity index (χ4n) is 1.54. The minimum absolute atomic E-state index is 0.116. The van der Waals surface area contributed by atoms with E-state index < -0.39 is 0 Å². The van der Waals surface area contributed by atoms with Gasteiger partial charge in [0, 0.05) is 18.8 Å². The molecule has 1 fully saturated rings. The van der Waals surface area contributed by atoms with Gasteiger partial charge in [-0.05, 0) is 31.0 Å². The topological polar surface area (TPSA) is 37.8 Å². The first kappa shape index (κ1) is 8.69. The van der Waals surface area contributed by atoms with E-state index >= 15 is 0 Å². The Morgan fingerprint density at radius 3 is 2.92 bits per heavy atom. The van der Waals surface area contributed by atoms with E-state index in [0.29, 0.717) is 4.77 Å². The summed E-state index contributed by atoms with van der Waals surface area (Å²) in [6.45, 7) is 0.954. The largest absolute Gasteiger partial charge is 0.325 e. The van der Waals surface area contributed by atoms with Crippen LogP contribution in [0.25, 0.3) is 0 Å². The van der Waals surface area contributed by atoms with Crippen molar-refractivity contribution >= 4 is 12.2 Å². The molecule has 0 amide bonds. The van der Waals surface area contributed by atoms with Crippen LogP contribution in [0, 0.1) is 10.7 Å². The summed E-state index contributed by atoms with van der Waals surface area (Å²) < 4.78 is 2.49. The molecule has 0 atom stereocenters. The van der Waals surface area contributed by atoms with Crippen LogP contribution in [0.5, 0.6) is 0 Å². The van der Waals surface area contributed by atoms with Gasteiger partial charge in [0.2, 0.25) is 0 Å². The Kier molecular flexibility index (Phi) is 2.31. The number of H-pyrrole nitrogens is 1. The lowest BCUT2D eigenvalue weighted by molar-refractivity contribution is 0.274. The molecule has 1 heterocycles. The molecule has 4 heteroatoms. The van der Waals surface area contributed by atoms with Crippen molar-refractivity contribution < 1.29 is 0 Å². The van der Waals surface area contributed by atoms with E-state index in [4.69, 9.17) is 12.2 Å². The maximum absolute atomic E-state index is 10.9. The Bertz CT molecular complexity index is 403. The van der Waals surface area contributed by atoms with Gasteiger partial charge in [-0.25, -0.2) is 0 Å². The molecule has 1 N–H and O–H groups in total. The van der Waals surface area contributed by atoms with E-state index in [2.05, 4.69) is 4.98 Å². The van der Waals surface area contributed by atoms with Crippen molar-refractivity contribution in [3.8, 4) is 0 Å². The zero-order chi connectivity index (χ0) is 9.26. The fraction of sp³-hybridized carbons (Fsp3) is 0.556. The summed E-state index contributed by atoms with van der Waals surface area (Å²) in [6.07, 6.45) is 5.70. The highest BCUT2D eigenvalue weighted by Crippen LogP contribution is 2.27. The SMILES string of the molecule is O=c1ccn(CC2CCC2)c(=S)[nH]1. The molecule has 0 aliphatic heterocycles. The van der Waals surface area contributed by atoms with Crippen molar-refractivity contribution in [3.63, 3.8) is 0 Å². The van der Waals surface area contributed by atoms with E-state index in [1.165, 1.54) is 25.3 Å². The summed E-state index contributed by atoms with van der Waals surface area (Å²) in [7, 11) is 0. The van der Waals surface area contributed by atoms with Crippen LogP contribution in [0.15, 0.2) is 17.1 Å². The van der Waals surface area contributed by atoms with Crippen molar-refractivity contribution in [3.05, 3.63) is 27.4 Å². The maximum Gasteiger partial charge on any atom is 0.251 e. The molecule has 1 aromatic heterocycles. The Morgan fingerprint density at radius 1 is 1.62 bits per heavy atom. The summed E-state index contributed by atoms with van der Waals surface area (Å²) in [5, 5.41) is 0. The average molecular weight is 196 g/mol. The van der Waals surface area contributed by atoms with Crippen LogP contribution in [0.4, 0.5) is 0 Å². The van der Waals surface area contributed by atoms with Gasteiger partial charge in [0.15, 0.2) is 4.77 Å². The molecule has 1 aliphatic rings. The number of aromatic nitrogens is 2. The monoisotopic (exact) mass is 196 g/mol. The molecule has 0 bridgehead atoms. The predicted octanol–water partition coefficient (Wildman–Crippen LogP) is 1.71. The quantitative estimate of drug-likeness (QED) is 0.731. The molecule has 2 rings (SSSR count). The highest BCUT2D eigenvalue weighted by Gasteiger charge is 2.17. The van der Waals surface area contributed by atoms with E-state index in [0.717, 1.165) is 12.5 Å². The molecule has 0 radical (unpaired) electrons. The number of nitrogens with one attached hydrogen (secondary N) is 1. The molecular weight excluding hydrogens is 184 g/mol. The Morgan fingerprint density at radius 2 is 2.38 bits per heavy atom. The first-order chi connectivity index (χ1) is 6.25. The van der Waals surface area contributed by atoms with Crippen molar-refractivity contribution in [2.24, 2.45) is 5.92 Å². The molecular formula is C9H12N2OS. The van der Waals surface area contributed by atoms with Crippen LogP contribution in [-0.2, 0) is 6.54 Å². The smallest absolute Gasteiger partial charge is 0.251 e. The van der Waals surface area contributed by atoms with Crippen molar-refractivity contribution in [1.29, 1.82) is 0 Å². The zero-order valence-corrected chi connectivity index (χ0v) is 8.14. The first-order valence-corrected chi connectivity index (χ1v) is 4.96. The van der Waals surface area contributed by atoms with Gasteiger partial charge < -0.3 is 4.57 Å². The summed E-state index contributed by atoms with van der Waals surface area (Å²) in [5.41, 5.74) is -0.116. The third-order valence-electron chi connectivity index (χ3n) is 2.58. The molecule has 0 unspecified atom stereocenters. The Balaban J connectivity index is 2.20. The summed E-state index contributed by atoms with van der Waals surface area (Å²) >= 11 is 5.04. The molecule has 13 heavy (non-hydrogen) atoms. The molecule has 70 valence electrons. The highest BCUT2D eigenvalue weighted by molar-refractivity contribution is 7.71. The lowest BCUT2D eigenvalue weighted by Crippen LogP contribution is -2.20. The molecule has 1 saturated carbocycles. The van der Waals surface area contributed by atoms with Gasteiger partial charge in [0.1, 0.15) is 0 Å². The van der Waals surface area contributed by atoms with Crippen molar-refractivity contribution in [1.82, 2.24) is 9.55 Å². The Labute approximate surface area is 81.4 Å². The minimum atomic E-state index is -0.116. The summed E-state index contributed by atoms with van der Waals surface area (Å²) in [4.78, 5) is 13.5. The first-order valence-electron chi connectivity index (χ1n) is 4.55. The van der Waals surface area contributed by atoms with E-state index in [-0.39, 0.29) is 5.56 Å². The van der Waals surface area contributed by atoms with Crippen LogP contribution in [-0.4, -0.2) is 9.55 Å². The average Bonchev–Trinajstić information content (AvgIpc) is 1.99. The molecule has 0 spiro atoms. The van der Waals surface area contributed by atoms with Crippen LogP contribution >= 0.6 is 12.2 Å². The second-order valence-corrected chi connectivity index (χ2v) is 3.95. The second-order valence-electron chi connectivity index (χ2n) is 3.56. The lowest BCUT2D eigenvalue weighted by Gasteiger charge is -2.25. The number of nitrogens with zero attached hydrogens (tertiary/aromatic N) is 1. The number of hydrogen-bond acceptors (Lipinski definition) is 2. The molecule has 0 aromatic carbocycles. The van der Waals surface area contributed by atoms with Crippen LogP contribution in [0.3, 0.4) is 0 Å². The maximum atomic E-state index is 10.9. The lowest BCUT2D eigenvalue weighted by atomic mass is 9.85. The van der Waals surface area contributed by atoms with Gasteiger partial charge in [-0.3, -0.25) is 9.78 Å². The zero-order valence-electron chi connectivity index (χ0n) is 7.32. The van der Waals surface area contributed by atoms with Gasteiger partial charge in [-0.1, -0.05) is 6.42 Å². The van der Waals surface area contributed by atoms with Gasteiger partial charge in [0.25, 0.3) is 5.56 Å². The van der Waals surface area contributed by atoms with Crippen LogP contribution in [0.1, 0.15) is 19.3 Å². The predicted molar refractivity (Wildman–Crippen MR) is 53.2 cm³/mol. The third kappa shape index (κ3) is 1.88. The summed E-state index contributed by atoms with van der Waals surface area (Å²) in [6, 6.07) is 1.52. The number of hydrogen-bond donors (Lipinski definition) is 1. The van der Waals surface area contributed by atoms with Crippen molar-refractivity contribution in [2.45, 2.75) is 25.8 Å². The van der Waals surface area contributed by atoms with Gasteiger partial charge in [-0.2, -0.15) is 0 Å². The molecule has 0 saturated heterocycles. The summed E-state index contributed by atoms with van der Waals surface area (Å²) in [5.74, 6) is 0.762. The Hall–Kier alpha value is -0.900. The van der Waals surface area contributed by atoms with Crippen molar-refractivity contribution in [2.75, 3.05) is 0 Å². The fourth-order valence-corrected chi connectivity index (χ4v) is 1.78. The standard InChI is InChI=1S/C9H12N2OS/c12-8-4-5-11(9(13)10-8)6-7-2-1-3-7/h4-5,7H,1-3,6H2,(H,10,12,13). The normalized spacial score (nSPS) is 16.9.